The summed E-state index contributed by atoms with van der Waals surface area (Å²) in [4.78, 5) is 0. The Balaban J connectivity index is 1.65. The summed E-state index contributed by atoms with van der Waals surface area (Å²) in [6.45, 7) is 5.00. The third kappa shape index (κ3) is 3.39. The predicted octanol–water partition coefficient (Wildman–Crippen LogP) is 2.84. The Morgan fingerprint density at radius 1 is 1.32 bits per heavy atom. The Morgan fingerprint density at radius 2 is 2.14 bits per heavy atom. The zero-order chi connectivity index (χ0) is 15.5. The molecule has 4 nitrogen and oxygen atoms in total. The van der Waals surface area contributed by atoms with E-state index in [0.717, 1.165) is 17.9 Å². The first-order chi connectivity index (χ1) is 10.6. The first kappa shape index (κ1) is 15.6. The Bertz CT molecular complexity index is 503. The highest BCUT2D eigenvalue weighted by Crippen LogP contribution is 2.49. The minimum absolute atomic E-state index is 0.313. The van der Waals surface area contributed by atoms with Gasteiger partial charge in [-0.15, -0.1) is 0 Å². The van der Waals surface area contributed by atoms with Crippen LogP contribution < -0.4 is 14.8 Å². The molecule has 0 spiro atoms. The normalized spacial score (nSPS) is 24.5. The SMILES string of the molecule is CC(C)NCC(O)COc1cccc2c1C1CCCCC1O2. The molecule has 22 heavy (non-hydrogen) atoms. The maximum absolute atomic E-state index is 10.0. The van der Waals surface area contributed by atoms with Crippen molar-refractivity contribution >= 4 is 0 Å². The molecule has 1 aromatic carbocycles. The molecular formula is C18H27NO3. The molecule has 3 unspecified atom stereocenters. The van der Waals surface area contributed by atoms with Crippen LogP contribution in [0.25, 0.3) is 0 Å². The first-order valence-corrected chi connectivity index (χ1v) is 8.49. The number of aliphatic hydroxyl groups is 1. The number of rotatable bonds is 6. The van der Waals surface area contributed by atoms with Crippen molar-refractivity contribution in [3.8, 4) is 11.5 Å². The maximum atomic E-state index is 10.0. The van der Waals surface area contributed by atoms with Gasteiger partial charge in [0.1, 0.15) is 30.3 Å². The number of ether oxygens (including phenoxy) is 2. The lowest BCUT2D eigenvalue weighted by Gasteiger charge is -2.24. The van der Waals surface area contributed by atoms with E-state index >= 15 is 0 Å². The summed E-state index contributed by atoms with van der Waals surface area (Å²) in [6, 6.07) is 6.38. The lowest BCUT2D eigenvalue weighted by Crippen LogP contribution is -2.35. The number of fused-ring (bicyclic) bond motifs is 3. The van der Waals surface area contributed by atoms with Crippen LogP contribution in [0.3, 0.4) is 0 Å². The van der Waals surface area contributed by atoms with E-state index in [-0.39, 0.29) is 0 Å². The van der Waals surface area contributed by atoms with Crippen LogP contribution in [0.1, 0.15) is 51.0 Å². The third-order valence-electron chi connectivity index (χ3n) is 4.57. The molecule has 0 radical (unpaired) electrons. The van der Waals surface area contributed by atoms with Crippen molar-refractivity contribution in [3.63, 3.8) is 0 Å². The molecule has 2 aliphatic rings. The van der Waals surface area contributed by atoms with Crippen LogP contribution >= 0.6 is 0 Å². The Morgan fingerprint density at radius 3 is 2.95 bits per heavy atom. The third-order valence-corrected chi connectivity index (χ3v) is 4.57. The van der Waals surface area contributed by atoms with Gasteiger partial charge >= 0.3 is 0 Å². The van der Waals surface area contributed by atoms with Crippen molar-refractivity contribution in [1.82, 2.24) is 5.32 Å². The van der Waals surface area contributed by atoms with Crippen molar-refractivity contribution in [2.75, 3.05) is 13.2 Å². The van der Waals surface area contributed by atoms with Gasteiger partial charge in [-0.2, -0.15) is 0 Å². The molecule has 4 heteroatoms. The molecule has 1 aliphatic carbocycles. The maximum Gasteiger partial charge on any atom is 0.127 e. The van der Waals surface area contributed by atoms with Crippen molar-refractivity contribution in [1.29, 1.82) is 0 Å². The summed E-state index contributed by atoms with van der Waals surface area (Å²) >= 11 is 0. The van der Waals surface area contributed by atoms with E-state index in [9.17, 15) is 5.11 Å². The average molecular weight is 305 g/mol. The minimum Gasteiger partial charge on any atom is -0.490 e. The molecular weight excluding hydrogens is 278 g/mol. The summed E-state index contributed by atoms with van der Waals surface area (Å²) in [7, 11) is 0. The average Bonchev–Trinajstić information content (AvgIpc) is 2.90. The molecule has 122 valence electrons. The van der Waals surface area contributed by atoms with E-state index in [4.69, 9.17) is 9.47 Å². The second-order valence-electron chi connectivity index (χ2n) is 6.74. The van der Waals surface area contributed by atoms with E-state index < -0.39 is 6.10 Å². The van der Waals surface area contributed by atoms with Gasteiger partial charge in [0.2, 0.25) is 0 Å². The van der Waals surface area contributed by atoms with Crippen LogP contribution in [0.2, 0.25) is 0 Å². The summed E-state index contributed by atoms with van der Waals surface area (Å²) in [5.74, 6) is 2.32. The standard InChI is InChI=1S/C18H27NO3/c1-12(2)19-10-13(20)11-21-16-8-5-9-17-18(16)14-6-3-4-7-15(14)22-17/h5,8-9,12-15,19-20H,3-4,6-7,10-11H2,1-2H3. The predicted molar refractivity (Wildman–Crippen MR) is 86.7 cm³/mol. The monoisotopic (exact) mass is 305 g/mol. The summed E-state index contributed by atoms with van der Waals surface area (Å²) in [5, 5.41) is 13.2. The molecule has 1 heterocycles. The van der Waals surface area contributed by atoms with Crippen LogP contribution in [0.15, 0.2) is 18.2 Å². The molecule has 1 fully saturated rings. The van der Waals surface area contributed by atoms with Gasteiger partial charge in [0.05, 0.1) is 0 Å². The summed E-state index contributed by atoms with van der Waals surface area (Å²) in [6.07, 6.45) is 4.66. The highest BCUT2D eigenvalue weighted by Gasteiger charge is 2.38. The smallest absolute Gasteiger partial charge is 0.127 e. The number of benzene rings is 1. The number of hydrogen-bond donors (Lipinski definition) is 2. The lowest BCUT2D eigenvalue weighted by atomic mass is 9.83. The van der Waals surface area contributed by atoms with Gasteiger partial charge < -0.3 is 19.9 Å². The molecule has 1 saturated carbocycles. The van der Waals surface area contributed by atoms with Crippen LogP contribution in [0, 0.1) is 0 Å². The number of nitrogens with one attached hydrogen (secondary N) is 1. The van der Waals surface area contributed by atoms with Gasteiger partial charge in [0.15, 0.2) is 0 Å². The molecule has 0 saturated heterocycles. The molecule has 0 amide bonds. The van der Waals surface area contributed by atoms with Crippen molar-refractivity contribution in [2.45, 2.75) is 63.7 Å². The van der Waals surface area contributed by atoms with Crippen molar-refractivity contribution in [2.24, 2.45) is 0 Å². The van der Waals surface area contributed by atoms with Crippen LogP contribution in [-0.2, 0) is 0 Å². The van der Waals surface area contributed by atoms with E-state index in [1.807, 2.05) is 18.2 Å². The first-order valence-electron chi connectivity index (χ1n) is 8.49. The highest BCUT2D eigenvalue weighted by atomic mass is 16.5. The molecule has 2 N–H and O–H groups in total. The van der Waals surface area contributed by atoms with E-state index in [0.29, 0.717) is 31.2 Å². The fraction of sp³-hybridized carbons (Fsp3) is 0.667. The zero-order valence-corrected chi connectivity index (χ0v) is 13.5. The second-order valence-corrected chi connectivity index (χ2v) is 6.74. The van der Waals surface area contributed by atoms with Gasteiger partial charge in [-0.05, 0) is 31.4 Å². The number of aliphatic hydroxyl groups excluding tert-OH is 1. The fourth-order valence-corrected chi connectivity index (χ4v) is 3.47. The molecule has 0 bridgehead atoms. The topological polar surface area (TPSA) is 50.7 Å². The van der Waals surface area contributed by atoms with E-state index in [1.54, 1.807) is 0 Å². The summed E-state index contributed by atoms with van der Waals surface area (Å²) < 4.78 is 12.0. The minimum atomic E-state index is -0.497. The van der Waals surface area contributed by atoms with Gasteiger partial charge in [-0.3, -0.25) is 0 Å². The van der Waals surface area contributed by atoms with Gasteiger partial charge in [0.25, 0.3) is 0 Å². The largest absolute Gasteiger partial charge is 0.490 e. The molecule has 1 aliphatic heterocycles. The lowest BCUT2D eigenvalue weighted by molar-refractivity contribution is 0.104. The highest BCUT2D eigenvalue weighted by molar-refractivity contribution is 5.50. The zero-order valence-electron chi connectivity index (χ0n) is 13.5. The molecule has 0 aromatic heterocycles. The van der Waals surface area contributed by atoms with Crippen molar-refractivity contribution in [3.05, 3.63) is 23.8 Å². The van der Waals surface area contributed by atoms with Gasteiger partial charge in [-0.25, -0.2) is 0 Å². The van der Waals surface area contributed by atoms with Crippen LogP contribution in [0.4, 0.5) is 0 Å². The summed E-state index contributed by atoms with van der Waals surface area (Å²) in [5.41, 5.74) is 1.22. The van der Waals surface area contributed by atoms with Crippen molar-refractivity contribution < 1.29 is 14.6 Å². The van der Waals surface area contributed by atoms with E-state index in [2.05, 4.69) is 19.2 Å². The van der Waals surface area contributed by atoms with Gasteiger partial charge in [0, 0.05) is 24.1 Å². The number of hydrogen-bond acceptors (Lipinski definition) is 4. The molecule has 1 aromatic rings. The van der Waals surface area contributed by atoms with Crippen LogP contribution in [0.5, 0.6) is 11.5 Å². The van der Waals surface area contributed by atoms with Gasteiger partial charge in [-0.1, -0.05) is 26.3 Å². The van der Waals surface area contributed by atoms with E-state index in [1.165, 1.54) is 24.8 Å². The Kier molecular flexibility index (Phi) is 4.89. The second kappa shape index (κ2) is 6.88. The Labute approximate surface area is 132 Å². The molecule has 3 atom stereocenters. The fourth-order valence-electron chi connectivity index (χ4n) is 3.47. The molecule has 3 rings (SSSR count). The Hall–Kier alpha value is -1.26. The quantitative estimate of drug-likeness (QED) is 0.848. The van der Waals surface area contributed by atoms with Crippen LogP contribution in [-0.4, -0.2) is 36.5 Å².